The predicted octanol–water partition coefficient (Wildman–Crippen LogP) is 4.06. The van der Waals surface area contributed by atoms with Crippen LogP contribution >= 0.6 is 0 Å². The highest BCUT2D eigenvalue weighted by atomic mass is 16.6. The molecule has 6 rings (SSSR count). The number of allylic oxidation sites excluding steroid dienone is 2. The fraction of sp³-hybridized carbons (Fsp3) is 0.531. The molecule has 2 saturated heterocycles. The number of nitrogens with one attached hydrogen (secondary N) is 2. The third-order valence-electron chi connectivity index (χ3n) is 10.1. The molecule has 9 atom stereocenters. The highest BCUT2D eigenvalue weighted by Gasteiger charge is 2.78. The molecule has 2 aliphatic carbocycles. The van der Waals surface area contributed by atoms with Crippen LogP contribution in [0.5, 0.6) is 0 Å². The van der Waals surface area contributed by atoms with E-state index in [0.29, 0.717) is 18.4 Å². The number of rotatable bonds is 2. The van der Waals surface area contributed by atoms with Crippen LogP contribution in [-0.2, 0) is 25.5 Å². The summed E-state index contributed by atoms with van der Waals surface area (Å²) in [4.78, 5) is 44.7. The Balaban J connectivity index is 1.43. The van der Waals surface area contributed by atoms with Gasteiger partial charge in [0.25, 0.3) is 0 Å². The largest absolute Gasteiger partial charge is 0.385 e. The van der Waals surface area contributed by atoms with E-state index in [1.807, 2.05) is 49.5 Å². The van der Waals surface area contributed by atoms with Crippen molar-refractivity contribution < 1.29 is 24.2 Å². The van der Waals surface area contributed by atoms with E-state index in [1.165, 1.54) is 0 Å². The zero-order valence-corrected chi connectivity index (χ0v) is 23.1. The highest BCUT2D eigenvalue weighted by molar-refractivity contribution is 6.09. The molecule has 1 amide bonds. The number of Topliss-reactive ketones (excluding diaryl/α,β-unsaturated/α-hetero) is 2. The van der Waals surface area contributed by atoms with Gasteiger partial charge < -0.3 is 20.1 Å². The second kappa shape index (κ2) is 9.27. The van der Waals surface area contributed by atoms with Crippen molar-refractivity contribution in [3.05, 3.63) is 59.8 Å². The molecule has 3 fully saturated rings. The van der Waals surface area contributed by atoms with Crippen molar-refractivity contribution >= 4 is 28.4 Å². The number of hydrogen-bond donors (Lipinski definition) is 3. The number of benzene rings is 1. The van der Waals surface area contributed by atoms with Crippen LogP contribution in [0.4, 0.5) is 0 Å². The topological polar surface area (TPSA) is 112 Å². The van der Waals surface area contributed by atoms with Gasteiger partial charge in [0.2, 0.25) is 5.91 Å². The maximum absolute atomic E-state index is 14.3. The summed E-state index contributed by atoms with van der Waals surface area (Å²) in [6.45, 7) is 7.95. The van der Waals surface area contributed by atoms with E-state index in [0.717, 1.165) is 16.5 Å². The number of aromatic amines is 1. The Morgan fingerprint density at radius 2 is 1.92 bits per heavy atom. The van der Waals surface area contributed by atoms with Gasteiger partial charge in [-0.2, -0.15) is 0 Å². The van der Waals surface area contributed by atoms with Crippen LogP contribution in [0.2, 0.25) is 0 Å². The Kier molecular flexibility index (Phi) is 6.23. The first kappa shape index (κ1) is 26.2. The number of hydrogen-bond acceptors (Lipinski definition) is 5. The molecule has 7 nitrogen and oxygen atoms in total. The molecule has 1 aromatic carbocycles. The first-order chi connectivity index (χ1) is 18.6. The Labute approximate surface area is 229 Å². The molecule has 7 heteroatoms. The molecule has 2 aromatic rings. The molecule has 0 unspecified atom stereocenters. The van der Waals surface area contributed by atoms with Gasteiger partial charge >= 0.3 is 0 Å². The van der Waals surface area contributed by atoms with Crippen molar-refractivity contribution in [2.75, 3.05) is 0 Å². The second-order valence-corrected chi connectivity index (χ2v) is 12.4. The van der Waals surface area contributed by atoms with E-state index in [2.05, 4.69) is 30.2 Å². The number of aromatic nitrogens is 1. The first-order valence-electron chi connectivity index (χ1n) is 14.2. The summed E-state index contributed by atoms with van der Waals surface area (Å²) in [6.07, 6.45) is 7.67. The lowest BCUT2D eigenvalue weighted by Gasteiger charge is -2.46. The molecule has 3 N–H and O–H groups in total. The minimum atomic E-state index is -1.31. The van der Waals surface area contributed by atoms with Crippen molar-refractivity contribution in [1.82, 2.24) is 10.3 Å². The molecule has 0 radical (unpaired) electrons. The molecule has 4 aliphatic rings. The maximum Gasteiger partial charge on any atom is 0.235 e. The Morgan fingerprint density at radius 1 is 1.15 bits per heavy atom. The molecule has 1 spiro atoms. The molecule has 2 aliphatic heterocycles. The average Bonchev–Trinajstić information content (AvgIpc) is 3.31. The van der Waals surface area contributed by atoms with E-state index < -0.39 is 23.0 Å². The van der Waals surface area contributed by atoms with Crippen LogP contribution in [0.1, 0.15) is 52.5 Å². The van der Waals surface area contributed by atoms with Gasteiger partial charge in [-0.25, -0.2) is 0 Å². The molecule has 206 valence electrons. The number of carbonyl (C=O) groups excluding carboxylic acids is 3. The smallest absolute Gasteiger partial charge is 0.235 e. The third-order valence-corrected chi connectivity index (χ3v) is 10.1. The summed E-state index contributed by atoms with van der Waals surface area (Å²) in [5.74, 6) is -1.48. The number of para-hydroxylation sites is 1. The average molecular weight is 531 g/mol. The Morgan fingerprint density at radius 3 is 2.72 bits per heavy atom. The highest BCUT2D eigenvalue weighted by Crippen LogP contribution is 2.66. The van der Waals surface area contributed by atoms with Crippen molar-refractivity contribution in [3.63, 3.8) is 0 Å². The minimum Gasteiger partial charge on any atom is -0.385 e. The van der Waals surface area contributed by atoms with Crippen LogP contribution in [0, 0.1) is 29.1 Å². The number of H-pyrrole nitrogens is 1. The summed E-state index contributed by atoms with van der Waals surface area (Å²) in [5, 5.41) is 15.1. The zero-order chi connectivity index (χ0) is 27.7. The van der Waals surface area contributed by atoms with Gasteiger partial charge in [0.1, 0.15) is 17.3 Å². The summed E-state index contributed by atoms with van der Waals surface area (Å²) in [5.41, 5.74) is 0.921. The molecule has 0 bridgehead atoms. The molecule has 1 aromatic heterocycles. The number of ether oxygens (including phenoxy) is 1. The van der Waals surface area contributed by atoms with Crippen molar-refractivity contribution in [2.24, 2.45) is 29.1 Å². The maximum atomic E-state index is 14.3. The molecule has 1 saturated carbocycles. The number of carbonyl (C=O) groups is 3. The van der Waals surface area contributed by atoms with Gasteiger partial charge in [-0.1, -0.05) is 50.3 Å². The van der Waals surface area contributed by atoms with Gasteiger partial charge in [0, 0.05) is 41.4 Å². The number of ketones is 2. The fourth-order valence-electron chi connectivity index (χ4n) is 7.95. The third kappa shape index (κ3) is 3.88. The number of amides is 1. The van der Waals surface area contributed by atoms with Gasteiger partial charge in [-0.3, -0.25) is 14.4 Å². The number of epoxide rings is 1. The molecular formula is C32H38N2O5. The Bertz CT molecular complexity index is 1410. The lowest BCUT2D eigenvalue weighted by atomic mass is 9.51. The van der Waals surface area contributed by atoms with Gasteiger partial charge in [0.15, 0.2) is 5.78 Å². The predicted molar refractivity (Wildman–Crippen MR) is 148 cm³/mol. The molecule has 3 heterocycles. The van der Waals surface area contributed by atoms with E-state index in [9.17, 15) is 19.5 Å². The number of aliphatic hydroxyl groups is 1. The number of aliphatic hydroxyl groups excluding tert-OH is 1. The standard InChI is InChI=1S/C32H38N2O5/c1-17-8-7-10-22-29-31(4,39-29)19(3)27-24(15-20-16-33-23-11-6-5-9-21(20)23)34-30(38)32(22,27)26(36)13-12-25(35)28(37)18(2)14-17/h5-7,9-11,14,16-17,19,22,24-25,27,29,33,35H,8,12-13,15H2,1-4H3,(H,34,38)/b10-7-,18-14+/t17-,19-,22-,24-,25-,27-,29-,31+,32+/m0/s1. The molecule has 39 heavy (non-hydrogen) atoms. The first-order valence-corrected chi connectivity index (χ1v) is 14.2. The fourth-order valence-corrected chi connectivity index (χ4v) is 7.95. The van der Waals surface area contributed by atoms with Crippen molar-refractivity contribution in [3.8, 4) is 0 Å². The Hall–Kier alpha value is -3.03. The number of fused-ring (bicyclic) bond motifs is 3. The lowest BCUT2D eigenvalue weighted by Crippen LogP contribution is -2.58. The minimum absolute atomic E-state index is 0.000298. The lowest BCUT2D eigenvalue weighted by molar-refractivity contribution is -0.148. The van der Waals surface area contributed by atoms with Crippen LogP contribution < -0.4 is 5.32 Å². The molecular weight excluding hydrogens is 492 g/mol. The van der Waals surface area contributed by atoms with Crippen LogP contribution in [0.25, 0.3) is 10.9 Å². The van der Waals surface area contributed by atoms with Crippen molar-refractivity contribution in [1.29, 1.82) is 0 Å². The summed E-state index contributed by atoms with van der Waals surface area (Å²) < 4.78 is 6.35. The monoisotopic (exact) mass is 530 g/mol. The van der Waals surface area contributed by atoms with E-state index in [-0.39, 0.29) is 60.2 Å². The SMILES string of the molecule is C/C1=C\[C@@H](C)C/C=C\[C@H]2[C@@H]3O[C@]3(C)[C@@H](C)[C@H]3[C@H](Cc4c[nH]c5ccccc45)NC(=O)[C@]32C(=O)CC[C@H](O)C1=O. The van der Waals surface area contributed by atoms with E-state index in [4.69, 9.17) is 4.74 Å². The van der Waals surface area contributed by atoms with Crippen LogP contribution in [0.3, 0.4) is 0 Å². The summed E-state index contributed by atoms with van der Waals surface area (Å²) >= 11 is 0. The van der Waals surface area contributed by atoms with Crippen molar-refractivity contribution in [2.45, 2.75) is 77.2 Å². The van der Waals surface area contributed by atoms with Gasteiger partial charge in [-0.15, -0.1) is 0 Å². The van der Waals surface area contributed by atoms with E-state index >= 15 is 0 Å². The summed E-state index contributed by atoms with van der Waals surface area (Å²) in [7, 11) is 0. The van der Waals surface area contributed by atoms with Crippen LogP contribution in [0.15, 0.2) is 54.3 Å². The van der Waals surface area contributed by atoms with Crippen LogP contribution in [-0.4, -0.2) is 51.4 Å². The quantitative estimate of drug-likeness (QED) is 0.308. The normalized spacial score (nSPS) is 42.6. The van der Waals surface area contributed by atoms with Gasteiger partial charge in [0.05, 0.1) is 11.7 Å². The van der Waals surface area contributed by atoms with E-state index in [1.54, 1.807) is 6.92 Å². The zero-order valence-electron chi connectivity index (χ0n) is 23.1. The van der Waals surface area contributed by atoms with Gasteiger partial charge in [-0.05, 0) is 62.1 Å². The summed E-state index contributed by atoms with van der Waals surface area (Å²) in [6, 6.07) is 7.85. The second-order valence-electron chi connectivity index (χ2n) is 12.4.